The van der Waals surface area contributed by atoms with Crippen molar-refractivity contribution in [1.29, 1.82) is 0 Å². The maximum atomic E-state index is 12.1. The number of rotatable bonds is 4. The van der Waals surface area contributed by atoms with E-state index in [1.165, 1.54) is 0 Å². The largest absolute Gasteiger partial charge is 0.425 e. The molecule has 1 aromatic heterocycles. The van der Waals surface area contributed by atoms with Gasteiger partial charge in [-0.05, 0) is 24.5 Å². The molecule has 0 aliphatic carbocycles. The van der Waals surface area contributed by atoms with Gasteiger partial charge >= 0.3 is 0 Å². The Bertz CT molecular complexity index is 559. The lowest BCUT2D eigenvalue weighted by molar-refractivity contribution is 0.102. The molecule has 0 fully saturated rings. The van der Waals surface area contributed by atoms with Gasteiger partial charge in [0.1, 0.15) is 5.69 Å². The van der Waals surface area contributed by atoms with Crippen LogP contribution in [0.1, 0.15) is 35.8 Å². The molecule has 1 aromatic carbocycles. The molecule has 19 heavy (non-hydrogen) atoms. The highest BCUT2D eigenvalue weighted by Gasteiger charge is 2.15. The minimum absolute atomic E-state index is 0.179. The van der Waals surface area contributed by atoms with Crippen molar-refractivity contribution in [1.82, 2.24) is 4.98 Å². The second kappa shape index (κ2) is 5.69. The second-order valence-corrected chi connectivity index (χ2v) is 4.93. The molecule has 0 atom stereocenters. The van der Waals surface area contributed by atoms with Crippen LogP contribution in [-0.4, -0.2) is 10.9 Å². The zero-order chi connectivity index (χ0) is 13.8. The number of anilines is 1. The van der Waals surface area contributed by atoms with E-state index in [-0.39, 0.29) is 5.91 Å². The summed E-state index contributed by atoms with van der Waals surface area (Å²) in [5.74, 6) is 1.30. The molecule has 1 N–H and O–H groups in total. The van der Waals surface area contributed by atoms with Gasteiger partial charge in [0.2, 0.25) is 5.88 Å². The van der Waals surface area contributed by atoms with Crippen LogP contribution in [0.4, 0.5) is 5.88 Å². The maximum Gasteiger partial charge on any atom is 0.258 e. The monoisotopic (exact) mass is 258 g/mol. The van der Waals surface area contributed by atoms with Crippen LogP contribution in [0.15, 0.2) is 34.7 Å². The quantitative estimate of drug-likeness (QED) is 0.914. The third kappa shape index (κ3) is 3.44. The average Bonchev–Trinajstić information content (AvgIpc) is 2.69. The van der Waals surface area contributed by atoms with Crippen molar-refractivity contribution < 1.29 is 9.21 Å². The van der Waals surface area contributed by atoms with Crippen molar-refractivity contribution in [2.45, 2.75) is 27.2 Å². The molecule has 0 bridgehead atoms. The molecule has 2 rings (SSSR count). The number of nitrogens with zero attached hydrogens (tertiary/aromatic N) is 1. The van der Waals surface area contributed by atoms with Gasteiger partial charge in [-0.15, -0.1) is 0 Å². The lowest BCUT2D eigenvalue weighted by Gasteiger charge is -2.05. The Morgan fingerprint density at radius 3 is 2.63 bits per heavy atom. The number of nitrogens with one attached hydrogen (secondary N) is 1. The molecule has 4 nitrogen and oxygen atoms in total. The topological polar surface area (TPSA) is 55.1 Å². The van der Waals surface area contributed by atoms with E-state index in [4.69, 9.17) is 4.42 Å². The molecular formula is C15H18N2O2. The lowest BCUT2D eigenvalue weighted by Crippen LogP contribution is -2.13. The summed E-state index contributed by atoms with van der Waals surface area (Å²) in [6, 6.07) is 9.06. The van der Waals surface area contributed by atoms with Crippen LogP contribution in [0, 0.1) is 12.8 Å². The third-order valence-corrected chi connectivity index (χ3v) is 2.67. The Morgan fingerprint density at radius 2 is 2.00 bits per heavy atom. The molecule has 0 unspecified atom stereocenters. The van der Waals surface area contributed by atoms with Gasteiger partial charge in [0, 0.05) is 12.5 Å². The van der Waals surface area contributed by atoms with Crippen molar-refractivity contribution >= 4 is 11.8 Å². The summed E-state index contributed by atoms with van der Waals surface area (Å²) in [5.41, 5.74) is 1.41. The van der Waals surface area contributed by atoms with Gasteiger partial charge in [-0.2, -0.15) is 0 Å². The number of carbonyl (C=O) groups excluding carboxylic acids is 1. The first-order valence-corrected chi connectivity index (χ1v) is 6.39. The number of aryl methyl sites for hydroxylation is 1. The number of hydrogen-bond acceptors (Lipinski definition) is 3. The standard InChI is InChI=1S/C15H18N2O2/c1-10(2)9-13-15(19-11(3)16-13)17-14(18)12-7-5-4-6-8-12/h4-8,10H,9H2,1-3H3,(H,17,18). The zero-order valence-corrected chi connectivity index (χ0v) is 11.4. The second-order valence-electron chi connectivity index (χ2n) is 4.93. The van der Waals surface area contributed by atoms with Crippen LogP contribution in [0.3, 0.4) is 0 Å². The van der Waals surface area contributed by atoms with E-state index in [0.717, 1.165) is 12.1 Å². The Morgan fingerprint density at radius 1 is 1.32 bits per heavy atom. The minimum Gasteiger partial charge on any atom is -0.425 e. The number of carbonyl (C=O) groups is 1. The van der Waals surface area contributed by atoms with Gasteiger partial charge in [-0.1, -0.05) is 32.0 Å². The lowest BCUT2D eigenvalue weighted by atomic mass is 10.1. The van der Waals surface area contributed by atoms with E-state index in [1.807, 2.05) is 18.2 Å². The first kappa shape index (κ1) is 13.3. The molecule has 1 heterocycles. The predicted octanol–water partition coefficient (Wildman–Crippen LogP) is 3.43. The predicted molar refractivity (Wildman–Crippen MR) is 74.2 cm³/mol. The fourth-order valence-corrected chi connectivity index (χ4v) is 1.86. The summed E-state index contributed by atoms with van der Waals surface area (Å²) >= 11 is 0. The number of amides is 1. The summed E-state index contributed by atoms with van der Waals surface area (Å²) in [6.45, 7) is 5.99. The fourth-order valence-electron chi connectivity index (χ4n) is 1.86. The smallest absolute Gasteiger partial charge is 0.258 e. The molecule has 0 radical (unpaired) electrons. The molecule has 0 aliphatic rings. The van der Waals surface area contributed by atoms with E-state index in [1.54, 1.807) is 19.1 Å². The molecule has 0 saturated heterocycles. The Kier molecular flexibility index (Phi) is 4.00. The number of benzene rings is 1. The van der Waals surface area contributed by atoms with Gasteiger partial charge in [0.25, 0.3) is 5.91 Å². The summed E-state index contributed by atoms with van der Waals surface area (Å²) in [6.07, 6.45) is 0.780. The fraction of sp³-hybridized carbons (Fsp3) is 0.333. The van der Waals surface area contributed by atoms with Crippen LogP contribution >= 0.6 is 0 Å². The van der Waals surface area contributed by atoms with Crippen molar-refractivity contribution in [2.24, 2.45) is 5.92 Å². The molecule has 0 spiro atoms. The highest BCUT2D eigenvalue weighted by Crippen LogP contribution is 2.20. The number of hydrogen-bond donors (Lipinski definition) is 1. The van der Waals surface area contributed by atoms with Crippen LogP contribution in [0.2, 0.25) is 0 Å². The SMILES string of the molecule is Cc1nc(CC(C)C)c(NC(=O)c2ccccc2)o1. The maximum absolute atomic E-state index is 12.1. The Hall–Kier alpha value is -2.10. The Balaban J connectivity index is 2.17. The molecule has 2 aromatic rings. The van der Waals surface area contributed by atoms with Gasteiger partial charge in [-0.25, -0.2) is 4.98 Å². The summed E-state index contributed by atoms with van der Waals surface area (Å²) in [4.78, 5) is 16.4. The van der Waals surface area contributed by atoms with Crippen molar-refractivity contribution in [3.63, 3.8) is 0 Å². The average molecular weight is 258 g/mol. The van der Waals surface area contributed by atoms with Crippen LogP contribution in [-0.2, 0) is 6.42 Å². The van der Waals surface area contributed by atoms with Crippen LogP contribution in [0.5, 0.6) is 0 Å². The highest BCUT2D eigenvalue weighted by atomic mass is 16.4. The minimum atomic E-state index is -0.179. The molecule has 0 aliphatic heterocycles. The summed E-state index contributed by atoms with van der Waals surface area (Å²) < 4.78 is 5.46. The first-order valence-electron chi connectivity index (χ1n) is 6.39. The molecular weight excluding hydrogens is 240 g/mol. The van der Waals surface area contributed by atoms with Crippen molar-refractivity contribution in [2.75, 3.05) is 5.32 Å². The van der Waals surface area contributed by atoms with Gasteiger partial charge in [0.15, 0.2) is 5.89 Å². The van der Waals surface area contributed by atoms with Gasteiger partial charge in [0.05, 0.1) is 0 Å². The van der Waals surface area contributed by atoms with Crippen LogP contribution < -0.4 is 5.32 Å². The summed E-state index contributed by atoms with van der Waals surface area (Å²) in [5, 5.41) is 2.78. The number of oxazole rings is 1. The van der Waals surface area contributed by atoms with Gasteiger partial charge in [-0.3, -0.25) is 10.1 Å². The molecule has 1 amide bonds. The van der Waals surface area contributed by atoms with E-state index in [9.17, 15) is 4.79 Å². The van der Waals surface area contributed by atoms with Gasteiger partial charge < -0.3 is 4.42 Å². The van der Waals surface area contributed by atoms with Crippen molar-refractivity contribution in [3.05, 3.63) is 47.5 Å². The Labute approximate surface area is 112 Å². The third-order valence-electron chi connectivity index (χ3n) is 2.67. The normalized spacial score (nSPS) is 10.7. The zero-order valence-electron chi connectivity index (χ0n) is 11.4. The molecule has 4 heteroatoms. The number of aromatic nitrogens is 1. The summed E-state index contributed by atoms with van der Waals surface area (Å²) in [7, 11) is 0. The van der Waals surface area contributed by atoms with Crippen molar-refractivity contribution in [3.8, 4) is 0 Å². The van der Waals surface area contributed by atoms with E-state index < -0.39 is 0 Å². The van der Waals surface area contributed by atoms with E-state index >= 15 is 0 Å². The molecule has 100 valence electrons. The van der Waals surface area contributed by atoms with E-state index in [0.29, 0.717) is 23.3 Å². The van der Waals surface area contributed by atoms with Crippen LogP contribution in [0.25, 0.3) is 0 Å². The first-order chi connectivity index (χ1) is 9.06. The molecule has 0 saturated carbocycles. The highest BCUT2D eigenvalue weighted by molar-refractivity contribution is 6.03. The van der Waals surface area contributed by atoms with E-state index in [2.05, 4.69) is 24.1 Å².